The van der Waals surface area contributed by atoms with Crippen LogP contribution in [0.4, 0.5) is 11.4 Å². The Morgan fingerprint density at radius 3 is 2.59 bits per heavy atom. The Morgan fingerprint density at radius 1 is 1.10 bits per heavy atom. The van der Waals surface area contributed by atoms with Crippen molar-refractivity contribution in [2.45, 2.75) is 13.3 Å². The first-order chi connectivity index (χ1) is 14.1. The van der Waals surface area contributed by atoms with Crippen LogP contribution in [0.2, 0.25) is 0 Å². The lowest BCUT2D eigenvalue weighted by atomic mass is 10.1. The minimum absolute atomic E-state index is 0.0841. The summed E-state index contributed by atoms with van der Waals surface area (Å²) in [6.07, 6.45) is 0.171. The normalized spacial score (nSPS) is 16.0. The first-order valence-corrected chi connectivity index (χ1v) is 9.67. The van der Waals surface area contributed by atoms with Crippen LogP contribution in [0.3, 0.4) is 0 Å². The van der Waals surface area contributed by atoms with Gasteiger partial charge in [-0.2, -0.15) is 0 Å². The summed E-state index contributed by atoms with van der Waals surface area (Å²) in [4.78, 5) is 26.8. The molecule has 0 bridgehead atoms. The fraction of sp³-hybridized carbons (Fsp3) is 0.364. The van der Waals surface area contributed by atoms with E-state index in [1.807, 2.05) is 31.2 Å². The third-order valence-electron chi connectivity index (χ3n) is 4.63. The first-order valence-electron chi connectivity index (χ1n) is 9.67. The highest BCUT2D eigenvalue weighted by Crippen LogP contribution is 2.33. The van der Waals surface area contributed by atoms with Crippen LogP contribution in [-0.4, -0.2) is 45.3 Å². The fourth-order valence-corrected chi connectivity index (χ4v) is 3.20. The second-order valence-corrected chi connectivity index (χ2v) is 6.66. The van der Waals surface area contributed by atoms with Crippen LogP contribution in [0.5, 0.6) is 11.5 Å². The molecular formula is C22H26N2O5. The number of carbonyl (C=O) groups is 2. The van der Waals surface area contributed by atoms with E-state index in [0.29, 0.717) is 49.2 Å². The van der Waals surface area contributed by atoms with Crippen LogP contribution in [0, 0.1) is 5.92 Å². The van der Waals surface area contributed by atoms with Gasteiger partial charge in [0.25, 0.3) is 0 Å². The molecule has 0 aromatic heterocycles. The molecule has 29 heavy (non-hydrogen) atoms. The Labute approximate surface area is 170 Å². The van der Waals surface area contributed by atoms with E-state index in [4.69, 9.17) is 14.2 Å². The van der Waals surface area contributed by atoms with Crippen molar-refractivity contribution in [2.24, 2.45) is 5.92 Å². The van der Waals surface area contributed by atoms with Gasteiger partial charge < -0.3 is 24.4 Å². The molecule has 7 heteroatoms. The van der Waals surface area contributed by atoms with E-state index in [9.17, 15) is 9.59 Å². The highest BCUT2D eigenvalue weighted by atomic mass is 16.5. The van der Waals surface area contributed by atoms with Crippen molar-refractivity contribution in [3.63, 3.8) is 0 Å². The average Bonchev–Trinajstić information content (AvgIpc) is 3.12. The standard InChI is InChI=1S/C22H26N2O5/c1-3-28-20-7-5-4-6-19(20)24-15-16(14-21(24)25)22(26)23-17-8-10-18(11-9-17)29-13-12-27-2/h4-11,16H,3,12-15H2,1-2H3,(H,23,26). The number of ether oxygens (including phenoxy) is 3. The number of nitrogens with one attached hydrogen (secondary N) is 1. The zero-order valence-electron chi connectivity index (χ0n) is 16.7. The first kappa shape index (κ1) is 20.7. The Hall–Kier alpha value is -3.06. The molecule has 1 saturated heterocycles. The number of nitrogens with zero attached hydrogens (tertiary/aromatic N) is 1. The summed E-state index contributed by atoms with van der Waals surface area (Å²) in [6.45, 7) is 3.70. The van der Waals surface area contributed by atoms with Crippen molar-refractivity contribution in [1.29, 1.82) is 0 Å². The zero-order valence-corrected chi connectivity index (χ0v) is 16.7. The highest BCUT2D eigenvalue weighted by Gasteiger charge is 2.36. The number of benzene rings is 2. The number of hydrogen-bond donors (Lipinski definition) is 1. The molecule has 1 N–H and O–H groups in total. The molecule has 0 saturated carbocycles. The molecule has 154 valence electrons. The summed E-state index contributed by atoms with van der Waals surface area (Å²) in [5, 5.41) is 2.88. The molecule has 0 radical (unpaired) electrons. The number of hydrogen-bond acceptors (Lipinski definition) is 5. The molecule has 1 aliphatic heterocycles. The smallest absolute Gasteiger partial charge is 0.229 e. The lowest BCUT2D eigenvalue weighted by Crippen LogP contribution is -2.28. The molecule has 1 unspecified atom stereocenters. The molecule has 3 rings (SSSR count). The summed E-state index contributed by atoms with van der Waals surface area (Å²) in [5.41, 5.74) is 1.36. The quantitative estimate of drug-likeness (QED) is 0.657. The van der Waals surface area contributed by atoms with Gasteiger partial charge in [0, 0.05) is 25.8 Å². The van der Waals surface area contributed by atoms with Gasteiger partial charge in [0.1, 0.15) is 18.1 Å². The van der Waals surface area contributed by atoms with Crippen LogP contribution >= 0.6 is 0 Å². The van der Waals surface area contributed by atoms with Crippen LogP contribution in [0.25, 0.3) is 0 Å². The maximum absolute atomic E-state index is 12.7. The second kappa shape index (κ2) is 9.93. The Bertz CT molecular complexity index is 837. The maximum Gasteiger partial charge on any atom is 0.229 e. The largest absolute Gasteiger partial charge is 0.492 e. The molecule has 2 aromatic carbocycles. The van der Waals surface area contributed by atoms with Crippen molar-refractivity contribution in [3.8, 4) is 11.5 Å². The van der Waals surface area contributed by atoms with E-state index >= 15 is 0 Å². The summed E-state index contributed by atoms with van der Waals surface area (Å²) >= 11 is 0. The van der Waals surface area contributed by atoms with Gasteiger partial charge in [-0.15, -0.1) is 0 Å². The lowest BCUT2D eigenvalue weighted by molar-refractivity contribution is -0.122. The van der Waals surface area contributed by atoms with E-state index in [1.54, 1.807) is 36.3 Å². The summed E-state index contributed by atoms with van der Waals surface area (Å²) < 4.78 is 16.1. The van der Waals surface area contributed by atoms with E-state index < -0.39 is 5.92 Å². The SMILES string of the molecule is CCOc1ccccc1N1CC(C(=O)Nc2ccc(OCCOC)cc2)CC1=O. The molecule has 2 amide bonds. The lowest BCUT2D eigenvalue weighted by Gasteiger charge is -2.20. The van der Waals surface area contributed by atoms with Gasteiger partial charge in [0.2, 0.25) is 11.8 Å². The van der Waals surface area contributed by atoms with Crippen molar-refractivity contribution in [2.75, 3.05) is 43.7 Å². The Morgan fingerprint density at radius 2 is 1.86 bits per heavy atom. The van der Waals surface area contributed by atoms with Crippen molar-refractivity contribution < 1.29 is 23.8 Å². The fourth-order valence-electron chi connectivity index (χ4n) is 3.20. The van der Waals surface area contributed by atoms with E-state index in [-0.39, 0.29) is 18.2 Å². The third kappa shape index (κ3) is 5.26. The van der Waals surface area contributed by atoms with Crippen LogP contribution < -0.4 is 19.7 Å². The summed E-state index contributed by atoms with van der Waals surface area (Å²) in [7, 11) is 1.62. The van der Waals surface area contributed by atoms with Gasteiger partial charge in [0.15, 0.2) is 0 Å². The van der Waals surface area contributed by atoms with Gasteiger partial charge in [-0.1, -0.05) is 12.1 Å². The van der Waals surface area contributed by atoms with Gasteiger partial charge in [-0.05, 0) is 43.3 Å². The highest BCUT2D eigenvalue weighted by molar-refractivity contribution is 6.04. The molecule has 2 aromatic rings. The number of para-hydroxylation sites is 2. The topological polar surface area (TPSA) is 77.1 Å². The van der Waals surface area contributed by atoms with Crippen molar-refractivity contribution in [1.82, 2.24) is 0 Å². The maximum atomic E-state index is 12.7. The zero-order chi connectivity index (χ0) is 20.6. The third-order valence-corrected chi connectivity index (χ3v) is 4.63. The molecule has 1 fully saturated rings. The van der Waals surface area contributed by atoms with Gasteiger partial charge in [0.05, 0.1) is 24.8 Å². The van der Waals surface area contributed by atoms with Crippen LogP contribution in [0.1, 0.15) is 13.3 Å². The molecule has 7 nitrogen and oxygen atoms in total. The molecule has 0 spiro atoms. The molecule has 0 aliphatic carbocycles. The predicted molar refractivity (Wildman–Crippen MR) is 111 cm³/mol. The summed E-state index contributed by atoms with van der Waals surface area (Å²) in [6, 6.07) is 14.5. The van der Waals surface area contributed by atoms with Crippen LogP contribution in [0.15, 0.2) is 48.5 Å². The van der Waals surface area contributed by atoms with Crippen molar-refractivity contribution in [3.05, 3.63) is 48.5 Å². The van der Waals surface area contributed by atoms with Crippen molar-refractivity contribution >= 4 is 23.2 Å². The van der Waals surface area contributed by atoms with Gasteiger partial charge in [-0.3, -0.25) is 9.59 Å². The molecule has 1 atom stereocenters. The van der Waals surface area contributed by atoms with Gasteiger partial charge in [-0.25, -0.2) is 0 Å². The number of methoxy groups -OCH3 is 1. The molecular weight excluding hydrogens is 372 g/mol. The predicted octanol–water partition coefficient (Wildman–Crippen LogP) is 3.10. The average molecular weight is 398 g/mol. The molecule has 1 heterocycles. The van der Waals surface area contributed by atoms with Crippen LogP contribution in [-0.2, 0) is 14.3 Å². The van der Waals surface area contributed by atoms with E-state index in [2.05, 4.69) is 5.32 Å². The monoisotopic (exact) mass is 398 g/mol. The second-order valence-electron chi connectivity index (χ2n) is 6.66. The molecule has 1 aliphatic rings. The van der Waals surface area contributed by atoms with Gasteiger partial charge >= 0.3 is 0 Å². The number of carbonyl (C=O) groups excluding carboxylic acids is 2. The minimum atomic E-state index is -0.421. The van der Waals surface area contributed by atoms with E-state index in [0.717, 1.165) is 0 Å². The Balaban J connectivity index is 1.61. The minimum Gasteiger partial charge on any atom is -0.492 e. The Kier molecular flexibility index (Phi) is 7.08. The summed E-state index contributed by atoms with van der Waals surface area (Å²) in [5.74, 6) is 0.667. The number of anilines is 2. The number of amides is 2. The number of rotatable bonds is 9. The van der Waals surface area contributed by atoms with E-state index in [1.165, 1.54) is 0 Å².